The Balaban J connectivity index is 1.22. The van der Waals surface area contributed by atoms with Crippen LogP contribution in [0, 0.1) is 37.0 Å². The van der Waals surface area contributed by atoms with E-state index in [4.69, 9.17) is 4.74 Å². The van der Waals surface area contributed by atoms with Gasteiger partial charge < -0.3 is 14.6 Å². The van der Waals surface area contributed by atoms with Crippen molar-refractivity contribution < 1.29 is 19.1 Å². The molecule has 0 atom stereocenters. The average molecular weight is 427 g/mol. The van der Waals surface area contributed by atoms with Gasteiger partial charge in [0.05, 0.1) is 6.42 Å². The number of nitrogens with zero attached hydrogens (tertiary/aromatic N) is 1. The van der Waals surface area contributed by atoms with Crippen LogP contribution in [-0.2, 0) is 20.9 Å². The SMILES string of the molecule is C=CCn1c(C)cc(C(=O)COC(=O)CCNC(=O)C23CC4CC(CC(C4)C2)C3)c1C. The summed E-state index contributed by atoms with van der Waals surface area (Å²) in [6.07, 6.45) is 8.78. The van der Waals surface area contributed by atoms with E-state index in [1.807, 2.05) is 24.5 Å². The van der Waals surface area contributed by atoms with E-state index in [1.54, 1.807) is 6.08 Å². The van der Waals surface area contributed by atoms with Gasteiger partial charge in [0.2, 0.25) is 11.7 Å². The number of hydrogen-bond donors (Lipinski definition) is 1. The Morgan fingerprint density at radius 2 is 1.77 bits per heavy atom. The van der Waals surface area contributed by atoms with Gasteiger partial charge >= 0.3 is 5.97 Å². The Morgan fingerprint density at radius 1 is 1.16 bits per heavy atom. The molecule has 1 aromatic rings. The van der Waals surface area contributed by atoms with Gasteiger partial charge in [-0.25, -0.2) is 0 Å². The number of amides is 1. The third-order valence-corrected chi connectivity index (χ3v) is 7.68. The Hall–Kier alpha value is -2.37. The zero-order valence-electron chi connectivity index (χ0n) is 18.7. The van der Waals surface area contributed by atoms with Crippen LogP contribution in [0.3, 0.4) is 0 Å². The number of esters is 1. The fourth-order valence-electron chi connectivity index (χ4n) is 6.64. The highest BCUT2D eigenvalue weighted by atomic mass is 16.5. The van der Waals surface area contributed by atoms with Crippen LogP contribution in [-0.4, -0.2) is 35.4 Å². The highest BCUT2D eigenvalue weighted by Gasteiger charge is 2.54. The van der Waals surface area contributed by atoms with Crippen molar-refractivity contribution >= 4 is 17.7 Å². The van der Waals surface area contributed by atoms with E-state index in [0.29, 0.717) is 29.9 Å². The molecule has 4 fully saturated rings. The summed E-state index contributed by atoms with van der Waals surface area (Å²) < 4.78 is 7.19. The number of rotatable bonds is 9. The number of ether oxygens (including phenoxy) is 1. The van der Waals surface area contributed by atoms with Crippen molar-refractivity contribution in [3.63, 3.8) is 0 Å². The molecule has 6 nitrogen and oxygen atoms in total. The number of carbonyl (C=O) groups excluding carboxylic acids is 3. The fraction of sp³-hybridized carbons (Fsp3) is 0.640. The number of nitrogens with one attached hydrogen (secondary N) is 1. The Kier molecular flexibility index (Phi) is 6.09. The number of aryl methyl sites for hydroxylation is 1. The predicted molar refractivity (Wildman–Crippen MR) is 118 cm³/mol. The smallest absolute Gasteiger partial charge is 0.308 e. The van der Waals surface area contributed by atoms with Crippen molar-refractivity contribution in [1.82, 2.24) is 9.88 Å². The molecule has 1 aromatic heterocycles. The Morgan fingerprint density at radius 3 is 2.35 bits per heavy atom. The third kappa shape index (κ3) is 4.35. The summed E-state index contributed by atoms with van der Waals surface area (Å²) in [4.78, 5) is 37.5. The van der Waals surface area contributed by atoms with Gasteiger partial charge in [-0.1, -0.05) is 6.08 Å². The maximum Gasteiger partial charge on any atom is 0.308 e. The maximum atomic E-state index is 12.9. The molecular formula is C25H34N2O4. The zero-order valence-corrected chi connectivity index (χ0v) is 18.7. The second-order valence-electron chi connectivity index (χ2n) is 9.97. The van der Waals surface area contributed by atoms with E-state index in [2.05, 4.69) is 11.9 Å². The van der Waals surface area contributed by atoms with E-state index >= 15 is 0 Å². The number of ketones is 1. The Bertz CT molecular complexity index is 862. The van der Waals surface area contributed by atoms with E-state index in [9.17, 15) is 14.4 Å². The minimum Gasteiger partial charge on any atom is -0.457 e. The molecule has 0 unspecified atom stereocenters. The van der Waals surface area contributed by atoms with Crippen molar-refractivity contribution in [3.05, 3.63) is 35.7 Å². The highest BCUT2D eigenvalue weighted by Crippen LogP contribution is 2.60. The molecule has 168 valence electrons. The maximum absolute atomic E-state index is 12.9. The number of Topliss-reactive ketones (excluding diaryl/α,β-unsaturated/α-hetero) is 1. The number of hydrogen-bond acceptors (Lipinski definition) is 4. The lowest BCUT2D eigenvalue weighted by Gasteiger charge is -2.55. The van der Waals surface area contributed by atoms with Crippen LogP contribution in [0.5, 0.6) is 0 Å². The zero-order chi connectivity index (χ0) is 22.2. The largest absolute Gasteiger partial charge is 0.457 e. The second-order valence-corrected chi connectivity index (χ2v) is 9.97. The minimum atomic E-state index is -0.459. The summed E-state index contributed by atoms with van der Waals surface area (Å²) in [5, 5.41) is 2.99. The van der Waals surface area contributed by atoms with Crippen LogP contribution in [0.1, 0.15) is 66.7 Å². The van der Waals surface area contributed by atoms with E-state index in [1.165, 1.54) is 19.3 Å². The molecule has 0 saturated heterocycles. The fourth-order valence-corrected chi connectivity index (χ4v) is 6.64. The molecule has 4 saturated carbocycles. The number of carbonyl (C=O) groups is 3. The van der Waals surface area contributed by atoms with Gasteiger partial charge in [0.15, 0.2) is 6.61 Å². The first-order chi connectivity index (χ1) is 14.8. The normalized spacial score (nSPS) is 28.4. The standard InChI is InChI=1S/C25H34N2O4/c1-4-7-27-16(2)8-21(17(27)3)22(28)15-31-23(29)5-6-26-24(30)25-12-18-9-19(13-25)11-20(10-18)14-25/h4,8,18-20H,1,5-7,9-15H2,2-3H3,(H,26,30). The quantitative estimate of drug-likeness (QED) is 0.371. The molecule has 1 N–H and O–H groups in total. The van der Waals surface area contributed by atoms with Gasteiger partial charge in [-0.05, 0) is 76.2 Å². The van der Waals surface area contributed by atoms with Crippen LogP contribution in [0.25, 0.3) is 0 Å². The van der Waals surface area contributed by atoms with Crippen molar-refractivity contribution in [2.24, 2.45) is 23.2 Å². The van der Waals surface area contributed by atoms with Gasteiger partial charge in [0, 0.05) is 35.5 Å². The molecule has 4 bridgehead atoms. The molecule has 0 spiro atoms. The third-order valence-electron chi connectivity index (χ3n) is 7.68. The topological polar surface area (TPSA) is 77.4 Å². The molecule has 5 rings (SSSR count). The first-order valence-corrected chi connectivity index (χ1v) is 11.6. The lowest BCUT2D eigenvalue weighted by molar-refractivity contribution is -0.147. The van der Waals surface area contributed by atoms with E-state index < -0.39 is 5.97 Å². The molecule has 31 heavy (non-hydrogen) atoms. The summed E-state index contributed by atoms with van der Waals surface area (Å²) in [6, 6.07) is 1.82. The number of allylic oxidation sites excluding steroid dienone is 1. The molecule has 6 heteroatoms. The summed E-state index contributed by atoms with van der Waals surface area (Å²) in [5.41, 5.74) is 2.19. The predicted octanol–water partition coefficient (Wildman–Crippen LogP) is 3.74. The van der Waals surface area contributed by atoms with Crippen LogP contribution in [0.4, 0.5) is 0 Å². The minimum absolute atomic E-state index is 0.0842. The summed E-state index contributed by atoms with van der Waals surface area (Å²) in [5.74, 6) is 1.57. The van der Waals surface area contributed by atoms with Crippen molar-refractivity contribution in [2.45, 2.75) is 65.3 Å². The molecule has 0 aliphatic heterocycles. The monoisotopic (exact) mass is 426 g/mol. The van der Waals surface area contributed by atoms with E-state index in [0.717, 1.165) is 30.7 Å². The summed E-state index contributed by atoms with van der Waals surface area (Å²) >= 11 is 0. The molecule has 0 radical (unpaired) electrons. The lowest BCUT2D eigenvalue weighted by Crippen LogP contribution is -2.53. The van der Waals surface area contributed by atoms with Gasteiger partial charge in [-0.3, -0.25) is 14.4 Å². The van der Waals surface area contributed by atoms with Crippen molar-refractivity contribution in [1.29, 1.82) is 0 Å². The van der Waals surface area contributed by atoms with E-state index in [-0.39, 0.29) is 36.7 Å². The first kappa shape index (κ1) is 21.8. The average Bonchev–Trinajstić information content (AvgIpc) is 2.99. The Labute approximate surface area is 184 Å². The van der Waals surface area contributed by atoms with Gasteiger partial charge in [-0.15, -0.1) is 6.58 Å². The number of aromatic nitrogens is 1. The van der Waals surface area contributed by atoms with Crippen molar-refractivity contribution in [2.75, 3.05) is 13.2 Å². The summed E-state index contributed by atoms with van der Waals surface area (Å²) in [7, 11) is 0. The first-order valence-electron chi connectivity index (χ1n) is 11.6. The van der Waals surface area contributed by atoms with Crippen LogP contribution >= 0.6 is 0 Å². The second kappa shape index (κ2) is 8.64. The molecule has 4 aliphatic carbocycles. The van der Waals surface area contributed by atoms with Crippen molar-refractivity contribution in [3.8, 4) is 0 Å². The highest BCUT2D eigenvalue weighted by molar-refractivity contribution is 5.99. The lowest BCUT2D eigenvalue weighted by atomic mass is 9.49. The summed E-state index contributed by atoms with van der Waals surface area (Å²) in [6.45, 7) is 8.18. The molecule has 1 heterocycles. The van der Waals surface area contributed by atoms with Crippen LogP contribution < -0.4 is 5.32 Å². The molecule has 0 aromatic carbocycles. The van der Waals surface area contributed by atoms with Gasteiger partial charge in [0.1, 0.15) is 0 Å². The van der Waals surface area contributed by atoms with Crippen LogP contribution in [0.2, 0.25) is 0 Å². The van der Waals surface area contributed by atoms with Gasteiger partial charge in [0.25, 0.3) is 0 Å². The van der Waals surface area contributed by atoms with Gasteiger partial charge in [-0.2, -0.15) is 0 Å². The molecule has 4 aliphatic rings. The van der Waals surface area contributed by atoms with Crippen LogP contribution in [0.15, 0.2) is 18.7 Å². The molecular weight excluding hydrogens is 392 g/mol. The molecule has 1 amide bonds.